The van der Waals surface area contributed by atoms with Gasteiger partial charge in [-0.1, -0.05) is 51.0 Å². The Morgan fingerprint density at radius 2 is 1.67 bits per heavy atom. The SMILES string of the molecule is CC(C)c1ccc(C(N)CSC2CCCC2)cc1. The van der Waals surface area contributed by atoms with E-state index < -0.39 is 0 Å². The quantitative estimate of drug-likeness (QED) is 0.847. The van der Waals surface area contributed by atoms with Gasteiger partial charge in [-0.3, -0.25) is 0 Å². The lowest BCUT2D eigenvalue weighted by atomic mass is 10.00. The lowest BCUT2D eigenvalue weighted by Gasteiger charge is -2.16. The number of hydrogen-bond donors (Lipinski definition) is 1. The summed E-state index contributed by atoms with van der Waals surface area (Å²) in [5.41, 5.74) is 8.96. The molecule has 0 heterocycles. The monoisotopic (exact) mass is 263 g/mol. The predicted molar refractivity (Wildman–Crippen MR) is 82.2 cm³/mol. The van der Waals surface area contributed by atoms with E-state index in [1.165, 1.54) is 36.8 Å². The van der Waals surface area contributed by atoms with Crippen LogP contribution in [0.2, 0.25) is 0 Å². The van der Waals surface area contributed by atoms with Gasteiger partial charge in [-0.15, -0.1) is 0 Å². The molecule has 2 N–H and O–H groups in total. The molecular weight excluding hydrogens is 238 g/mol. The molecule has 18 heavy (non-hydrogen) atoms. The first-order valence-electron chi connectivity index (χ1n) is 7.14. The van der Waals surface area contributed by atoms with E-state index in [9.17, 15) is 0 Å². The zero-order valence-electron chi connectivity index (χ0n) is 11.6. The summed E-state index contributed by atoms with van der Waals surface area (Å²) in [6, 6.07) is 9.04. The van der Waals surface area contributed by atoms with Crippen molar-refractivity contribution in [3.05, 3.63) is 35.4 Å². The molecule has 1 fully saturated rings. The van der Waals surface area contributed by atoms with Crippen molar-refractivity contribution in [3.8, 4) is 0 Å². The van der Waals surface area contributed by atoms with E-state index in [1.54, 1.807) is 0 Å². The average Bonchev–Trinajstić information content (AvgIpc) is 2.89. The Hall–Kier alpha value is -0.470. The van der Waals surface area contributed by atoms with Crippen molar-refractivity contribution in [3.63, 3.8) is 0 Å². The minimum absolute atomic E-state index is 0.191. The molecule has 2 heteroatoms. The second kappa shape index (κ2) is 6.63. The molecule has 0 radical (unpaired) electrons. The van der Waals surface area contributed by atoms with Crippen molar-refractivity contribution >= 4 is 11.8 Å². The van der Waals surface area contributed by atoms with Gasteiger partial charge in [0.2, 0.25) is 0 Å². The van der Waals surface area contributed by atoms with Crippen LogP contribution in [-0.4, -0.2) is 11.0 Å². The van der Waals surface area contributed by atoms with E-state index in [0.29, 0.717) is 5.92 Å². The fraction of sp³-hybridized carbons (Fsp3) is 0.625. The predicted octanol–water partition coefficient (Wildman–Crippen LogP) is 4.49. The van der Waals surface area contributed by atoms with Gasteiger partial charge in [0.25, 0.3) is 0 Å². The first-order valence-corrected chi connectivity index (χ1v) is 8.18. The van der Waals surface area contributed by atoms with Gasteiger partial charge in [0.05, 0.1) is 0 Å². The topological polar surface area (TPSA) is 26.0 Å². The number of nitrogens with two attached hydrogens (primary N) is 1. The fourth-order valence-corrected chi connectivity index (χ4v) is 3.86. The van der Waals surface area contributed by atoms with Crippen molar-refractivity contribution < 1.29 is 0 Å². The second-order valence-corrected chi connectivity index (χ2v) is 7.00. The minimum atomic E-state index is 0.191. The third-order valence-corrected chi connectivity index (χ3v) is 5.34. The van der Waals surface area contributed by atoms with Crippen LogP contribution in [0.5, 0.6) is 0 Å². The Morgan fingerprint density at radius 1 is 1.11 bits per heavy atom. The lowest BCUT2D eigenvalue weighted by molar-refractivity contribution is 0.813. The maximum Gasteiger partial charge on any atom is 0.0386 e. The van der Waals surface area contributed by atoms with Gasteiger partial charge in [0.15, 0.2) is 0 Å². The number of thioether (sulfide) groups is 1. The maximum atomic E-state index is 6.28. The van der Waals surface area contributed by atoms with Crippen LogP contribution in [-0.2, 0) is 0 Å². The fourth-order valence-electron chi connectivity index (χ4n) is 2.52. The molecule has 1 aromatic rings. The molecule has 0 aromatic heterocycles. The highest BCUT2D eigenvalue weighted by Crippen LogP contribution is 2.31. The Balaban J connectivity index is 1.85. The Kier molecular flexibility index (Phi) is 5.13. The third kappa shape index (κ3) is 3.76. The number of hydrogen-bond acceptors (Lipinski definition) is 2. The van der Waals surface area contributed by atoms with E-state index in [-0.39, 0.29) is 6.04 Å². The third-order valence-electron chi connectivity index (χ3n) is 3.84. The Morgan fingerprint density at radius 3 is 2.22 bits per heavy atom. The molecule has 0 bridgehead atoms. The second-order valence-electron chi connectivity index (χ2n) is 5.67. The molecule has 1 saturated carbocycles. The first-order chi connectivity index (χ1) is 8.66. The van der Waals surface area contributed by atoms with Crippen LogP contribution in [0.4, 0.5) is 0 Å². The van der Waals surface area contributed by atoms with Crippen LogP contribution in [0.3, 0.4) is 0 Å². The minimum Gasteiger partial charge on any atom is -0.323 e. The van der Waals surface area contributed by atoms with Gasteiger partial charge >= 0.3 is 0 Å². The van der Waals surface area contributed by atoms with Crippen LogP contribution in [0, 0.1) is 0 Å². The standard InChI is InChI=1S/C16H25NS/c1-12(2)13-7-9-14(10-8-13)16(17)11-18-15-5-3-4-6-15/h7-10,12,15-16H,3-6,11,17H2,1-2H3. The van der Waals surface area contributed by atoms with Gasteiger partial charge in [0.1, 0.15) is 0 Å². The average molecular weight is 263 g/mol. The molecule has 1 unspecified atom stereocenters. The molecule has 1 atom stereocenters. The van der Waals surface area contributed by atoms with Gasteiger partial charge in [0, 0.05) is 17.0 Å². The van der Waals surface area contributed by atoms with Crippen molar-refractivity contribution in [2.75, 3.05) is 5.75 Å². The van der Waals surface area contributed by atoms with Crippen LogP contribution >= 0.6 is 11.8 Å². The number of benzene rings is 1. The largest absolute Gasteiger partial charge is 0.323 e. The van der Waals surface area contributed by atoms with E-state index in [2.05, 4.69) is 49.9 Å². The molecule has 0 aliphatic heterocycles. The molecule has 0 amide bonds. The van der Waals surface area contributed by atoms with Crippen molar-refractivity contribution in [2.24, 2.45) is 5.73 Å². The van der Waals surface area contributed by atoms with Crippen LogP contribution < -0.4 is 5.73 Å². The lowest BCUT2D eigenvalue weighted by Crippen LogP contribution is -2.14. The van der Waals surface area contributed by atoms with E-state index in [1.807, 2.05) is 0 Å². The molecular formula is C16H25NS. The van der Waals surface area contributed by atoms with E-state index in [4.69, 9.17) is 5.73 Å². The molecule has 1 aliphatic carbocycles. The Bertz CT molecular complexity index is 352. The van der Waals surface area contributed by atoms with Crippen LogP contribution in [0.25, 0.3) is 0 Å². The zero-order chi connectivity index (χ0) is 13.0. The van der Waals surface area contributed by atoms with Crippen LogP contribution in [0.15, 0.2) is 24.3 Å². The summed E-state index contributed by atoms with van der Waals surface area (Å²) in [6.07, 6.45) is 5.61. The normalized spacial score (nSPS) is 18.4. The maximum absolute atomic E-state index is 6.28. The van der Waals surface area contributed by atoms with Crippen LogP contribution in [0.1, 0.15) is 62.6 Å². The summed E-state index contributed by atoms with van der Waals surface area (Å²) in [4.78, 5) is 0. The van der Waals surface area contributed by atoms with Crippen molar-refractivity contribution in [1.29, 1.82) is 0 Å². The molecule has 0 spiro atoms. The highest BCUT2D eigenvalue weighted by molar-refractivity contribution is 7.99. The highest BCUT2D eigenvalue weighted by Gasteiger charge is 2.17. The number of rotatable bonds is 5. The van der Waals surface area contributed by atoms with Crippen molar-refractivity contribution in [1.82, 2.24) is 0 Å². The highest BCUT2D eigenvalue weighted by atomic mass is 32.2. The zero-order valence-corrected chi connectivity index (χ0v) is 12.4. The molecule has 0 saturated heterocycles. The van der Waals surface area contributed by atoms with Gasteiger partial charge < -0.3 is 5.73 Å². The van der Waals surface area contributed by atoms with Gasteiger partial charge in [-0.25, -0.2) is 0 Å². The Labute approximate surface area is 116 Å². The summed E-state index contributed by atoms with van der Waals surface area (Å²) in [7, 11) is 0. The van der Waals surface area contributed by atoms with Gasteiger partial charge in [-0.2, -0.15) is 11.8 Å². The van der Waals surface area contributed by atoms with E-state index >= 15 is 0 Å². The summed E-state index contributed by atoms with van der Waals surface area (Å²) < 4.78 is 0. The molecule has 2 rings (SSSR count). The molecule has 1 aromatic carbocycles. The summed E-state index contributed by atoms with van der Waals surface area (Å²) >= 11 is 2.07. The smallest absolute Gasteiger partial charge is 0.0386 e. The summed E-state index contributed by atoms with van der Waals surface area (Å²) in [5, 5.41) is 0.867. The van der Waals surface area contributed by atoms with E-state index in [0.717, 1.165) is 11.0 Å². The van der Waals surface area contributed by atoms with Gasteiger partial charge in [-0.05, 0) is 29.9 Å². The molecule has 100 valence electrons. The summed E-state index contributed by atoms with van der Waals surface area (Å²) in [6.45, 7) is 4.45. The summed E-state index contributed by atoms with van der Waals surface area (Å²) in [5.74, 6) is 1.66. The molecule has 1 nitrogen and oxygen atoms in total. The molecule has 1 aliphatic rings. The first kappa shape index (κ1) is 14.0. The van der Waals surface area contributed by atoms with Crippen molar-refractivity contribution in [2.45, 2.75) is 56.7 Å².